The zero-order valence-corrected chi connectivity index (χ0v) is 17.6. The summed E-state index contributed by atoms with van der Waals surface area (Å²) in [5.41, 5.74) is 1.69. The highest BCUT2D eigenvalue weighted by atomic mass is 16.5. The van der Waals surface area contributed by atoms with Crippen molar-refractivity contribution in [2.75, 3.05) is 25.1 Å². The van der Waals surface area contributed by atoms with Crippen molar-refractivity contribution < 1.29 is 23.8 Å². The molecule has 0 saturated heterocycles. The fraction of sp³-hybridized carbons (Fsp3) is 0.200. The molecular weight excluding hydrogens is 394 g/mol. The van der Waals surface area contributed by atoms with E-state index in [0.717, 1.165) is 0 Å². The Labute approximate surface area is 181 Å². The first-order valence-corrected chi connectivity index (χ1v) is 10.1. The van der Waals surface area contributed by atoms with E-state index in [-0.39, 0.29) is 18.3 Å². The van der Waals surface area contributed by atoms with Gasteiger partial charge in [-0.3, -0.25) is 9.59 Å². The van der Waals surface area contributed by atoms with Gasteiger partial charge in [-0.25, -0.2) is 0 Å². The monoisotopic (exact) mass is 419 g/mol. The smallest absolute Gasteiger partial charge is 0.262 e. The van der Waals surface area contributed by atoms with E-state index in [0.29, 0.717) is 47.3 Å². The minimum atomic E-state index is -0.334. The molecule has 0 aliphatic carbocycles. The van der Waals surface area contributed by atoms with Gasteiger partial charge in [0.25, 0.3) is 5.91 Å². The maximum Gasteiger partial charge on any atom is 0.262 e. The fourth-order valence-electron chi connectivity index (χ4n) is 2.94. The topological polar surface area (TPSA) is 73.9 Å². The lowest BCUT2D eigenvalue weighted by molar-refractivity contribution is -0.118. The van der Waals surface area contributed by atoms with E-state index in [4.69, 9.17) is 14.2 Å². The lowest BCUT2D eigenvalue weighted by atomic mass is 10.0. The molecule has 3 aromatic carbocycles. The molecule has 3 rings (SSSR count). The highest BCUT2D eigenvalue weighted by Gasteiger charge is 2.12. The largest absolute Gasteiger partial charge is 0.494 e. The molecule has 0 aliphatic heterocycles. The normalized spacial score (nSPS) is 10.3. The second-order valence-electron chi connectivity index (χ2n) is 6.58. The summed E-state index contributed by atoms with van der Waals surface area (Å²) in [7, 11) is 0. The maximum absolute atomic E-state index is 12.5. The van der Waals surface area contributed by atoms with Gasteiger partial charge in [0.2, 0.25) is 0 Å². The number of carbonyl (C=O) groups is 2. The van der Waals surface area contributed by atoms with Crippen LogP contribution < -0.4 is 19.5 Å². The summed E-state index contributed by atoms with van der Waals surface area (Å²) in [4.78, 5) is 24.8. The van der Waals surface area contributed by atoms with Gasteiger partial charge < -0.3 is 19.5 Å². The predicted molar refractivity (Wildman–Crippen MR) is 119 cm³/mol. The Morgan fingerprint density at radius 1 is 0.742 bits per heavy atom. The van der Waals surface area contributed by atoms with Crippen LogP contribution in [0.15, 0.2) is 72.8 Å². The fourth-order valence-corrected chi connectivity index (χ4v) is 2.94. The van der Waals surface area contributed by atoms with Gasteiger partial charge in [-0.05, 0) is 50.2 Å². The van der Waals surface area contributed by atoms with Gasteiger partial charge in [0.1, 0.15) is 17.2 Å². The van der Waals surface area contributed by atoms with Gasteiger partial charge in [0, 0.05) is 17.2 Å². The van der Waals surface area contributed by atoms with Crippen LogP contribution in [0.2, 0.25) is 0 Å². The molecule has 6 heteroatoms. The molecular formula is C25H25NO5. The average Bonchev–Trinajstić information content (AvgIpc) is 2.80. The van der Waals surface area contributed by atoms with E-state index in [9.17, 15) is 9.59 Å². The number of benzene rings is 3. The number of ether oxygens (including phenoxy) is 3. The molecule has 1 amide bonds. The van der Waals surface area contributed by atoms with Crippen molar-refractivity contribution in [1.29, 1.82) is 0 Å². The van der Waals surface area contributed by atoms with Gasteiger partial charge in [-0.2, -0.15) is 0 Å². The Morgan fingerprint density at radius 2 is 1.39 bits per heavy atom. The van der Waals surface area contributed by atoms with E-state index in [1.165, 1.54) is 0 Å². The van der Waals surface area contributed by atoms with Crippen LogP contribution in [0, 0.1) is 0 Å². The van der Waals surface area contributed by atoms with Crippen LogP contribution in [0.5, 0.6) is 17.2 Å². The Balaban J connectivity index is 1.59. The average molecular weight is 419 g/mol. The van der Waals surface area contributed by atoms with Crippen molar-refractivity contribution in [2.24, 2.45) is 0 Å². The standard InChI is InChI=1S/C25H25NO5/c1-3-29-21-14-15-23(30-4-2)22(16-21)26-24(27)17-31-20-12-10-19(11-13-20)25(28)18-8-6-5-7-9-18/h5-16H,3-4,17H2,1-2H3,(H,26,27). The van der Waals surface area contributed by atoms with E-state index in [1.54, 1.807) is 54.6 Å². The van der Waals surface area contributed by atoms with Gasteiger partial charge >= 0.3 is 0 Å². The molecule has 0 bridgehead atoms. The first-order valence-electron chi connectivity index (χ1n) is 10.1. The zero-order valence-electron chi connectivity index (χ0n) is 17.6. The molecule has 0 fully saturated rings. The summed E-state index contributed by atoms with van der Waals surface area (Å²) in [5.74, 6) is 1.29. The second kappa shape index (κ2) is 10.8. The molecule has 0 heterocycles. The third kappa shape index (κ3) is 6.09. The number of rotatable bonds is 10. The SMILES string of the molecule is CCOc1ccc(OCC)c(NC(=O)COc2ccc(C(=O)c3ccccc3)cc2)c1. The van der Waals surface area contributed by atoms with E-state index in [2.05, 4.69) is 5.32 Å². The molecule has 0 radical (unpaired) electrons. The number of ketones is 1. The van der Waals surface area contributed by atoms with E-state index in [1.807, 2.05) is 32.0 Å². The Hall–Kier alpha value is -3.80. The summed E-state index contributed by atoms with van der Waals surface area (Å²) in [6, 6.07) is 21.0. The number of anilines is 1. The Bertz CT molecular complexity index is 1020. The van der Waals surface area contributed by atoms with Gasteiger partial charge in [-0.1, -0.05) is 30.3 Å². The number of nitrogens with one attached hydrogen (secondary N) is 1. The molecule has 3 aromatic rings. The molecule has 0 aliphatic rings. The van der Waals surface area contributed by atoms with Crippen LogP contribution in [0.3, 0.4) is 0 Å². The van der Waals surface area contributed by atoms with Crippen molar-refractivity contribution in [2.45, 2.75) is 13.8 Å². The summed E-state index contributed by atoms with van der Waals surface area (Å²) >= 11 is 0. The van der Waals surface area contributed by atoms with Crippen LogP contribution in [-0.2, 0) is 4.79 Å². The molecule has 0 spiro atoms. The van der Waals surface area contributed by atoms with E-state index >= 15 is 0 Å². The third-order valence-corrected chi connectivity index (χ3v) is 4.36. The molecule has 0 atom stereocenters. The number of amides is 1. The molecule has 6 nitrogen and oxygen atoms in total. The van der Waals surface area contributed by atoms with Crippen LogP contribution >= 0.6 is 0 Å². The summed E-state index contributed by atoms with van der Waals surface area (Å²) in [6.45, 7) is 4.57. The number of hydrogen-bond acceptors (Lipinski definition) is 5. The molecule has 0 unspecified atom stereocenters. The molecule has 31 heavy (non-hydrogen) atoms. The zero-order chi connectivity index (χ0) is 22.1. The number of carbonyl (C=O) groups excluding carboxylic acids is 2. The van der Waals surface area contributed by atoms with E-state index < -0.39 is 0 Å². The van der Waals surface area contributed by atoms with Crippen molar-refractivity contribution in [3.63, 3.8) is 0 Å². The first-order chi connectivity index (χ1) is 15.1. The van der Waals surface area contributed by atoms with Crippen molar-refractivity contribution in [1.82, 2.24) is 0 Å². The van der Waals surface area contributed by atoms with Crippen LogP contribution in [0.4, 0.5) is 5.69 Å². The van der Waals surface area contributed by atoms with Crippen molar-refractivity contribution in [3.05, 3.63) is 83.9 Å². The summed E-state index contributed by atoms with van der Waals surface area (Å²) in [6.07, 6.45) is 0. The van der Waals surface area contributed by atoms with Crippen molar-refractivity contribution >= 4 is 17.4 Å². The lowest BCUT2D eigenvalue weighted by Gasteiger charge is -2.14. The molecule has 1 N–H and O–H groups in total. The predicted octanol–water partition coefficient (Wildman–Crippen LogP) is 4.73. The number of hydrogen-bond donors (Lipinski definition) is 1. The van der Waals surface area contributed by atoms with Crippen LogP contribution in [0.1, 0.15) is 29.8 Å². The quantitative estimate of drug-likeness (QED) is 0.481. The minimum absolute atomic E-state index is 0.0671. The minimum Gasteiger partial charge on any atom is -0.494 e. The molecule has 160 valence electrons. The maximum atomic E-state index is 12.5. The first kappa shape index (κ1) is 21.9. The highest BCUT2D eigenvalue weighted by Crippen LogP contribution is 2.29. The molecule has 0 saturated carbocycles. The van der Waals surface area contributed by atoms with Gasteiger partial charge in [0.15, 0.2) is 12.4 Å². The van der Waals surface area contributed by atoms with Crippen LogP contribution in [0.25, 0.3) is 0 Å². The Morgan fingerprint density at radius 3 is 2.06 bits per heavy atom. The summed E-state index contributed by atoms with van der Waals surface area (Å²) < 4.78 is 16.6. The third-order valence-electron chi connectivity index (χ3n) is 4.36. The van der Waals surface area contributed by atoms with Gasteiger partial charge in [0.05, 0.1) is 18.9 Å². The lowest BCUT2D eigenvalue weighted by Crippen LogP contribution is -2.20. The molecule has 0 aromatic heterocycles. The van der Waals surface area contributed by atoms with Gasteiger partial charge in [-0.15, -0.1) is 0 Å². The highest BCUT2D eigenvalue weighted by molar-refractivity contribution is 6.09. The van der Waals surface area contributed by atoms with Crippen LogP contribution in [-0.4, -0.2) is 31.5 Å². The van der Waals surface area contributed by atoms with Crippen molar-refractivity contribution in [3.8, 4) is 17.2 Å². The second-order valence-corrected chi connectivity index (χ2v) is 6.58. The Kier molecular flexibility index (Phi) is 7.65. The summed E-state index contributed by atoms with van der Waals surface area (Å²) in [5, 5.41) is 2.79.